The van der Waals surface area contributed by atoms with Gasteiger partial charge < -0.3 is 15.2 Å². The highest BCUT2D eigenvalue weighted by Crippen LogP contribution is 2.39. The Labute approximate surface area is 159 Å². The first-order valence-corrected chi connectivity index (χ1v) is 9.99. The van der Waals surface area contributed by atoms with Crippen LogP contribution in [0.3, 0.4) is 0 Å². The highest BCUT2D eigenvalue weighted by atomic mass is 32.1. The van der Waals surface area contributed by atoms with E-state index in [0.717, 1.165) is 35.6 Å². The number of aliphatic hydroxyl groups is 1. The molecule has 0 saturated carbocycles. The zero-order chi connectivity index (χ0) is 18.7. The van der Waals surface area contributed by atoms with Gasteiger partial charge in [-0.2, -0.15) is 0 Å². The molecule has 4 nitrogen and oxygen atoms in total. The number of thiophene rings is 1. The zero-order valence-corrected chi connectivity index (χ0v) is 16.5. The highest BCUT2D eigenvalue weighted by Gasteiger charge is 2.24. The minimum absolute atomic E-state index is 0.0423. The molecule has 1 amide bonds. The molecule has 2 aromatic rings. The normalized spacial score (nSPS) is 17.5. The summed E-state index contributed by atoms with van der Waals surface area (Å²) >= 11 is 1.68. The van der Waals surface area contributed by atoms with Crippen molar-refractivity contribution in [3.05, 3.63) is 45.8 Å². The van der Waals surface area contributed by atoms with E-state index in [9.17, 15) is 9.90 Å². The van der Waals surface area contributed by atoms with Crippen LogP contribution in [0, 0.1) is 12.8 Å². The van der Waals surface area contributed by atoms with E-state index in [0.29, 0.717) is 12.3 Å². The van der Waals surface area contributed by atoms with Gasteiger partial charge in [-0.15, -0.1) is 11.3 Å². The van der Waals surface area contributed by atoms with Gasteiger partial charge in [0, 0.05) is 17.9 Å². The second-order valence-corrected chi connectivity index (χ2v) is 8.28. The Balaban J connectivity index is 1.66. The van der Waals surface area contributed by atoms with E-state index >= 15 is 0 Å². The molecule has 0 fully saturated rings. The van der Waals surface area contributed by atoms with Crippen molar-refractivity contribution >= 4 is 22.2 Å². The van der Waals surface area contributed by atoms with Crippen LogP contribution in [0.5, 0.6) is 5.75 Å². The molecule has 0 bridgehead atoms. The molecular weight excluding hydrogens is 346 g/mol. The van der Waals surface area contributed by atoms with Crippen molar-refractivity contribution in [3.8, 4) is 5.75 Å². The second-order valence-electron chi connectivity index (χ2n) is 7.18. The number of nitrogens with one attached hydrogen (secondary N) is 1. The second kappa shape index (κ2) is 8.23. The maximum atomic E-state index is 12.6. The number of benzene rings is 1. The molecule has 1 aromatic heterocycles. The number of aliphatic hydroxyl groups excluding tert-OH is 1. The lowest BCUT2D eigenvalue weighted by Crippen LogP contribution is -2.16. The third kappa shape index (κ3) is 4.10. The smallest absolute Gasteiger partial charge is 0.225 e. The van der Waals surface area contributed by atoms with Gasteiger partial charge in [0.05, 0.1) is 12.1 Å². The predicted molar refractivity (Wildman–Crippen MR) is 106 cm³/mol. The van der Waals surface area contributed by atoms with Crippen molar-refractivity contribution < 1.29 is 14.6 Å². The Morgan fingerprint density at radius 3 is 3.00 bits per heavy atom. The third-order valence-corrected chi connectivity index (χ3v) is 6.57. The fourth-order valence-electron chi connectivity index (χ4n) is 3.61. The van der Waals surface area contributed by atoms with Gasteiger partial charge in [0.2, 0.25) is 5.91 Å². The van der Waals surface area contributed by atoms with E-state index in [4.69, 9.17) is 4.74 Å². The molecule has 2 atom stereocenters. The topological polar surface area (TPSA) is 58.6 Å². The lowest BCUT2D eigenvalue weighted by atomic mass is 9.88. The van der Waals surface area contributed by atoms with E-state index < -0.39 is 0 Å². The number of carbonyl (C=O) groups is 1. The molecular formula is C21H27NO3S. The van der Waals surface area contributed by atoms with Crippen molar-refractivity contribution in [1.82, 2.24) is 0 Å². The van der Waals surface area contributed by atoms with Crippen LogP contribution in [0.25, 0.3) is 0 Å². The number of methoxy groups -OCH3 is 1. The van der Waals surface area contributed by atoms with Crippen molar-refractivity contribution in [2.24, 2.45) is 5.92 Å². The first-order valence-electron chi connectivity index (χ1n) is 9.17. The first-order chi connectivity index (χ1) is 12.5. The summed E-state index contributed by atoms with van der Waals surface area (Å²) in [7, 11) is 1.65. The zero-order valence-electron chi connectivity index (χ0n) is 15.7. The van der Waals surface area contributed by atoms with E-state index in [1.165, 1.54) is 16.0 Å². The summed E-state index contributed by atoms with van der Waals surface area (Å²) in [6.07, 6.45) is 3.39. The van der Waals surface area contributed by atoms with E-state index in [2.05, 4.69) is 19.2 Å². The fourth-order valence-corrected chi connectivity index (χ4v) is 4.99. The molecule has 3 rings (SSSR count). The molecule has 0 radical (unpaired) electrons. The van der Waals surface area contributed by atoms with Crippen molar-refractivity contribution in [2.75, 3.05) is 19.0 Å². The molecule has 1 heterocycles. The average molecular weight is 374 g/mol. The molecule has 26 heavy (non-hydrogen) atoms. The van der Waals surface area contributed by atoms with Crippen molar-refractivity contribution in [3.63, 3.8) is 0 Å². The van der Waals surface area contributed by atoms with E-state index in [1.54, 1.807) is 18.4 Å². The number of rotatable bonds is 6. The standard InChI is InChI=1S/C21H27NO3S/c1-13(16-5-4-6-17(11-16)25-3)9-20(24)22-21-14(2)18-8-7-15(12-23)10-19(18)26-21/h4-6,11,13,15,23H,7-10,12H2,1-3H3,(H,22,24). The lowest BCUT2D eigenvalue weighted by molar-refractivity contribution is -0.116. The summed E-state index contributed by atoms with van der Waals surface area (Å²) in [5, 5.41) is 13.5. The Bertz CT molecular complexity index is 784. The molecule has 1 aliphatic carbocycles. The Hall–Kier alpha value is -1.85. The quantitative estimate of drug-likeness (QED) is 0.794. The number of amides is 1. The average Bonchev–Trinajstić information content (AvgIpc) is 2.96. The van der Waals surface area contributed by atoms with Gasteiger partial charge in [0.15, 0.2) is 0 Å². The molecule has 1 aliphatic rings. The van der Waals surface area contributed by atoms with Crippen LogP contribution >= 0.6 is 11.3 Å². The van der Waals surface area contributed by atoms with Crippen LogP contribution in [0.15, 0.2) is 24.3 Å². The van der Waals surface area contributed by atoms with Gasteiger partial charge in [-0.1, -0.05) is 19.1 Å². The van der Waals surface area contributed by atoms with E-state index in [1.807, 2.05) is 24.3 Å². The third-order valence-electron chi connectivity index (χ3n) is 5.30. The SMILES string of the molecule is COc1cccc(C(C)CC(=O)Nc2sc3c(c2C)CCC(CO)C3)c1. The number of ether oxygens (including phenoxy) is 1. The van der Waals surface area contributed by atoms with Crippen LogP contribution < -0.4 is 10.1 Å². The molecule has 140 valence electrons. The Morgan fingerprint density at radius 2 is 2.27 bits per heavy atom. The maximum Gasteiger partial charge on any atom is 0.225 e. The Morgan fingerprint density at radius 1 is 1.46 bits per heavy atom. The van der Waals surface area contributed by atoms with Crippen molar-refractivity contribution in [2.45, 2.75) is 45.4 Å². The molecule has 0 spiro atoms. The van der Waals surface area contributed by atoms with E-state index in [-0.39, 0.29) is 18.4 Å². The van der Waals surface area contributed by atoms with Gasteiger partial charge in [0.1, 0.15) is 5.75 Å². The van der Waals surface area contributed by atoms with Crippen LogP contribution in [0.4, 0.5) is 5.00 Å². The van der Waals surface area contributed by atoms with Gasteiger partial charge in [-0.3, -0.25) is 4.79 Å². The Kier molecular flexibility index (Phi) is 5.99. The number of carbonyl (C=O) groups excluding carboxylic acids is 1. The maximum absolute atomic E-state index is 12.6. The highest BCUT2D eigenvalue weighted by molar-refractivity contribution is 7.16. The summed E-state index contributed by atoms with van der Waals surface area (Å²) < 4.78 is 5.27. The first kappa shape index (κ1) is 18.9. The number of fused-ring (bicyclic) bond motifs is 1. The van der Waals surface area contributed by atoms with Crippen LogP contribution in [0.2, 0.25) is 0 Å². The summed E-state index contributed by atoms with van der Waals surface area (Å²) in [4.78, 5) is 13.9. The summed E-state index contributed by atoms with van der Waals surface area (Å²) in [5.41, 5.74) is 3.67. The summed E-state index contributed by atoms with van der Waals surface area (Å²) in [6.45, 7) is 4.40. The monoisotopic (exact) mass is 373 g/mol. The molecule has 2 unspecified atom stereocenters. The molecule has 5 heteroatoms. The lowest BCUT2D eigenvalue weighted by Gasteiger charge is -2.20. The summed E-state index contributed by atoms with van der Waals surface area (Å²) in [5.74, 6) is 1.34. The van der Waals surface area contributed by atoms with Crippen LogP contribution in [0.1, 0.15) is 47.3 Å². The fraction of sp³-hybridized carbons (Fsp3) is 0.476. The number of hydrogen-bond donors (Lipinski definition) is 2. The largest absolute Gasteiger partial charge is 0.497 e. The van der Waals surface area contributed by atoms with Gasteiger partial charge >= 0.3 is 0 Å². The molecule has 1 aromatic carbocycles. The molecule has 0 saturated heterocycles. The number of hydrogen-bond acceptors (Lipinski definition) is 4. The van der Waals surface area contributed by atoms with Crippen molar-refractivity contribution in [1.29, 1.82) is 0 Å². The minimum Gasteiger partial charge on any atom is -0.497 e. The van der Waals surface area contributed by atoms with Gasteiger partial charge in [-0.05, 0) is 66.8 Å². The minimum atomic E-state index is 0.0423. The molecule has 2 N–H and O–H groups in total. The van der Waals surface area contributed by atoms with Gasteiger partial charge in [0.25, 0.3) is 0 Å². The predicted octanol–water partition coefficient (Wildman–Crippen LogP) is 4.29. The number of anilines is 1. The molecule has 0 aliphatic heterocycles. The van der Waals surface area contributed by atoms with Gasteiger partial charge in [-0.25, -0.2) is 0 Å². The summed E-state index contributed by atoms with van der Waals surface area (Å²) in [6, 6.07) is 7.89. The van der Waals surface area contributed by atoms with Crippen LogP contribution in [-0.4, -0.2) is 24.7 Å². The van der Waals surface area contributed by atoms with Crippen LogP contribution in [-0.2, 0) is 17.6 Å².